The number of hydrogen-bond acceptors (Lipinski definition) is 5. The maximum absolute atomic E-state index is 13.4. The van der Waals surface area contributed by atoms with E-state index in [0.717, 1.165) is 31.3 Å². The lowest BCUT2D eigenvalue weighted by Gasteiger charge is -2.50. The average Bonchev–Trinajstić information content (AvgIpc) is 2.79. The zero-order valence-corrected chi connectivity index (χ0v) is 24.4. The molecule has 0 aromatic rings. The first kappa shape index (κ1) is 32.1. The molecule has 0 radical (unpaired) electrons. The predicted molar refractivity (Wildman–Crippen MR) is 152 cm³/mol. The van der Waals surface area contributed by atoms with Crippen LogP contribution < -0.4 is 0 Å². The number of ether oxygens (including phenoxy) is 1. The van der Waals surface area contributed by atoms with Crippen molar-refractivity contribution < 1.29 is 19.4 Å². The third kappa shape index (κ3) is 9.13. The maximum Gasteiger partial charge on any atom is 0.261 e. The quantitative estimate of drug-likeness (QED) is 0.131. The Bertz CT molecular complexity index is 890. The van der Waals surface area contributed by atoms with Gasteiger partial charge in [0.05, 0.1) is 6.54 Å². The molecule has 0 unspecified atom stereocenters. The molecule has 7 heteroatoms. The smallest absolute Gasteiger partial charge is 0.261 e. The lowest BCUT2D eigenvalue weighted by molar-refractivity contribution is -0.160. The Kier molecular flexibility index (Phi) is 12.2. The molecule has 37 heavy (non-hydrogen) atoms. The number of carbonyl (C=O) groups excluding carboxylic acids is 2. The molecule has 1 rings (SSSR count). The second kappa shape index (κ2) is 14.1. The molecule has 0 saturated carbocycles. The van der Waals surface area contributed by atoms with Gasteiger partial charge in [0.25, 0.3) is 11.8 Å². The highest BCUT2D eigenvalue weighted by Crippen LogP contribution is 2.31. The molecule has 1 N–H and O–H groups in total. The van der Waals surface area contributed by atoms with Gasteiger partial charge in [-0.2, -0.15) is 0 Å². The number of carbonyl (C=O) groups is 2. The molecular formula is C30H49N3O4. The number of nitrogens with zero attached hydrogens (tertiary/aromatic N) is 3. The number of hydrogen-bond donors (Lipinski definition) is 1. The number of aliphatic hydroxyl groups excluding tert-OH is 1. The zero-order chi connectivity index (χ0) is 28.4. The summed E-state index contributed by atoms with van der Waals surface area (Å²) in [5.74, 6) is -0.273. The van der Waals surface area contributed by atoms with Crippen molar-refractivity contribution in [1.82, 2.24) is 14.7 Å². The lowest BCUT2D eigenvalue weighted by Crippen LogP contribution is -2.66. The average molecular weight is 516 g/mol. The van der Waals surface area contributed by atoms with Gasteiger partial charge >= 0.3 is 0 Å². The summed E-state index contributed by atoms with van der Waals surface area (Å²) < 4.78 is 5.65. The summed E-state index contributed by atoms with van der Waals surface area (Å²) in [6.07, 6.45) is 9.91. The summed E-state index contributed by atoms with van der Waals surface area (Å²) in [5, 5.41) is 10.6. The van der Waals surface area contributed by atoms with Crippen molar-refractivity contribution in [1.29, 1.82) is 0 Å². The molecule has 0 bridgehead atoms. The third-order valence-corrected chi connectivity index (χ3v) is 6.51. The first-order valence-electron chi connectivity index (χ1n) is 13.4. The second-order valence-corrected chi connectivity index (χ2v) is 11.0. The van der Waals surface area contributed by atoms with Crippen LogP contribution in [0.3, 0.4) is 0 Å². The molecule has 1 saturated heterocycles. The lowest BCUT2D eigenvalue weighted by atomic mass is 9.98. The van der Waals surface area contributed by atoms with Crippen LogP contribution in [-0.2, 0) is 14.3 Å². The van der Waals surface area contributed by atoms with E-state index in [0.29, 0.717) is 32.0 Å². The van der Waals surface area contributed by atoms with Gasteiger partial charge in [-0.05, 0) is 84.4 Å². The molecule has 0 atom stereocenters. The highest BCUT2D eigenvalue weighted by atomic mass is 16.5. The second-order valence-electron chi connectivity index (χ2n) is 11.0. The Morgan fingerprint density at radius 2 is 1.57 bits per heavy atom. The van der Waals surface area contributed by atoms with Crippen molar-refractivity contribution in [3.63, 3.8) is 0 Å². The van der Waals surface area contributed by atoms with Crippen LogP contribution in [0.25, 0.3) is 0 Å². The molecule has 1 aliphatic heterocycles. The van der Waals surface area contributed by atoms with Crippen LogP contribution in [0, 0.1) is 0 Å². The van der Waals surface area contributed by atoms with Crippen molar-refractivity contribution in [3.8, 4) is 0 Å². The molecule has 0 aliphatic carbocycles. The van der Waals surface area contributed by atoms with E-state index in [-0.39, 0.29) is 28.7 Å². The number of unbranched alkanes of at least 4 members (excludes halogenated alkanes) is 2. The summed E-state index contributed by atoms with van der Waals surface area (Å²) >= 11 is 0. The topological polar surface area (TPSA) is 73.3 Å². The van der Waals surface area contributed by atoms with Crippen LogP contribution in [0.1, 0.15) is 81.1 Å². The van der Waals surface area contributed by atoms with E-state index in [1.807, 2.05) is 27.0 Å². The van der Waals surface area contributed by atoms with E-state index >= 15 is 0 Å². The maximum atomic E-state index is 13.4. The summed E-state index contributed by atoms with van der Waals surface area (Å²) in [7, 11) is 0. The van der Waals surface area contributed by atoms with Crippen LogP contribution in [0.4, 0.5) is 0 Å². The molecule has 1 fully saturated rings. The van der Waals surface area contributed by atoms with E-state index in [4.69, 9.17) is 4.74 Å². The van der Waals surface area contributed by atoms with E-state index in [9.17, 15) is 14.7 Å². The van der Waals surface area contributed by atoms with E-state index in [1.165, 1.54) is 12.2 Å². The van der Waals surface area contributed by atoms with Gasteiger partial charge in [0.2, 0.25) is 0 Å². The van der Waals surface area contributed by atoms with E-state index in [1.54, 1.807) is 15.9 Å². The van der Waals surface area contributed by atoms with Crippen molar-refractivity contribution in [2.24, 2.45) is 0 Å². The fourth-order valence-electron chi connectivity index (χ4n) is 4.00. The molecule has 0 spiro atoms. The Labute approximate surface area is 224 Å². The summed E-state index contributed by atoms with van der Waals surface area (Å²) in [6, 6.07) is 0. The molecule has 1 aliphatic rings. The number of allylic oxidation sites excluding steroid dienone is 4. The van der Waals surface area contributed by atoms with E-state index in [2.05, 4.69) is 52.7 Å². The largest absolute Gasteiger partial charge is 0.508 e. The Morgan fingerprint density at radius 3 is 2.00 bits per heavy atom. The van der Waals surface area contributed by atoms with Crippen molar-refractivity contribution >= 4 is 11.8 Å². The van der Waals surface area contributed by atoms with Crippen LogP contribution in [0.2, 0.25) is 0 Å². The minimum atomic E-state index is -0.722. The predicted octanol–water partition coefficient (Wildman–Crippen LogP) is 6.08. The molecule has 7 nitrogen and oxygen atoms in total. The van der Waals surface area contributed by atoms with Gasteiger partial charge in [0.15, 0.2) is 0 Å². The first-order valence-corrected chi connectivity index (χ1v) is 13.4. The van der Waals surface area contributed by atoms with Gasteiger partial charge in [-0.3, -0.25) is 9.59 Å². The van der Waals surface area contributed by atoms with Crippen LogP contribution >= 0.6 is 0 Å². The fraction of sp³-hybridized carbons (Fsp3) is 0.600. The van der Waals surface area contributed by atoms with Crippen molar-refractivity contribution in [2.45, 2.75) is 92.3 Å². The minimum Gasteiger partial charge on any atom is -0.508 e. The van der Waals surface area contributed by atoms with Gasteiger partial charge < -0.3 is 24.5 Å². The summed E-state index contributed by atoms with van der Waals surface area (Å²) in [4.78, 5) is 32.3. The van der Waals surface area contributed by atoms with Crippen molar-refractivity contribution in [2.75, 3.05) is 26.2 Å². The standard InChI is InChI=1S/C30H49N3O4/c1-11-13-18-32-27(35)26(28(36)33(19-14-12-2)30(32,9)10)22-25(34)16-15-17-31(29(6,7)8)20-21-37-24(5)23(3)4/h15-17,22,34H,3,5,11-14,18-21H2,1-2,4,6-10H3/b17-15+,25-16-. The SMILES string of the molecule is C=C(C)C(=C)OCCN(/C=C/C=C(\O)C=C1C(=O)N(CCCC)C(C)(C)N(CCCC)C1=O)C(C)(C)C. The first-order chi connectivity index (χ1) is 17.2. The Morgan fingerprint density at radius 1 is 1.05 bits per heavy atom. The molecule has 0 aromatic heterocycles. The van der Waals surface area contributed by atoms with Gasteiger partial charge in [0.1, 0.15) is 29.4 Å². The Balaban J connectivity index is 3.17. The monoisotopic (exact) mass is 515 g/mol. The van der Waals surface area contributed by atoms with Gasteiger partial charge in [-0.1, -0.05) is 39.8 Å². The minimum absolute atomic E-state index is 0.00642. The number of rotatable bonds is 14. The summed E-state index contributed by atoms with van der Waals surface area (Å²) in [5.41, 5.74) is -0.129. The van der Waals surface area contributed by atoms with E-state index < -0.39 is 5.66 Å². The highest BCUT2D eigenvalue weighted by molar-refractivity contribution is 6.20. The van der Waals surface area contributed by atoms with Crippen LogP contribution in [0.15, 0.2) is 60.3 Å². The van der Waals surface area contributed by atoms with Crippen LogP contribution in [0.5, 0.6) is 0 Å². The molecule has 0 aromatic carbocycles. The third-order valence-electron chi connectivity index (χ3n) is 6.51. The molecule has 2 amide bonds. The zero-order valence-electron chi connectivity index (χ0n) is 24.4. The van der Waals surface area contributed by atoms with Gasteiger partial charge in [-0.25, -0.2) is 0 Å². The molecule has 1 heterocycles. The van der Waals surface area contributed by atoms with Crippen LogP contribution in [-0.4, -0.2) is 69.1 Å². The normalized spacial score (nSPS) is 16.4. The summed E-state index contributed by atoms with van der Waals surface area (Å²) in [6.45, 7) is 25.9. The molecule has 208 valence electrons. The highest BCUT2D eigenvalue weighted by Gasteiger charge is 2.47. The van der Waals surface area contributed by atoms with Crippen molar-refractivity contribution in [3.05, 3.63) is 60.3 Å². The number of amides is 2. The number of aliphatic hydroxyl groups is 1. The van der Waals surface area contributed by atoms with Gasteiger partial charge in [0, 0.05) is 18.6 Å². The molecular weight excluding hydrogens is 466 g/mol. The van der Waals surface area contributed by atoms with Gasteiger partial charge in [-0.15, -0.1) is 0 Å². The Hall–Kier alpha value is -2.96. The fourth-order valence-corrected chi connectivity index (χ4v) is 4.00.